The van der Waals surface area contributed by atoms with Crippen LogP contribution in [0.4, 0.5) is 0 Å². The molecule has 19 N–H and O–H groups in total. The van der Waals surface area contributed by atoms with Gasteiger partial charge in [-0.3, -0.25) is 0 Å². The Bertz CT molecular complexity index is 1620. The molecule has 12 bridgehead atoms. The van der Waals surface area contributed by atoms with Gasteiger partial charge in [-0.05, 0) is 25.8 Å². The van der Waals surface area contributed by atoms with Gasteiger partial charge >= 0.3 is 0 Å². The van der Waals surface area contributed by atoms with Gasteiger partial charge in [0.1, 0.15) is 146 Å². The van der Waals surface area contributed by atoms with E-state index in [1.54, 1.807) is 0 Å². The van der Waals surface area contributed by atoms with E-state index < -0.39 is 224 Å². The lowest BCUT2D eigenvalue weighted by molar-refractivity contribution is -0.404. The monoisotopic (exact) mass is 1060 g/mol. The molecule has 22 aliphatic heterocycles. The second-order valence-electron chi connectivity index (χ2n) is 18.5. The zero-order valence-corrected chi connectivity index (χ0v) is 38.6. The third-order valence-electron chi connectivity index (χ3n) is 13.8. The van der Waals surface area contributed by atoms with Crippen molar-refractivity contribution < 1.29 is 148 Å². The third kappa shape index (κ3) is 12.1. The van der Waals surface area contributed by atoms with E-state index in [4.69, 9.17) is 67.3 Å². The van der Waals surface area contributed by atoms with E-state index >= 15 is 0 Å². The van der Waals surface area contributed by atoms with E-state index in [1.807, 2.05) is 0 Å². The lowest BCUT2D eigenvalue weighted by Gasteiger charge is -2.51. The molecule has 22 rings (SSSR count). The minimum atomic E-state index is -2.15. The fourth-order valence-corrected chi connectivity index (χ4v) is 9.75. The largest absolute Gasteiger partial charge is 0.394 e. The first-order chi connectivity index (χ1) is 34.5. The van der Waals surface area contributed by atoms with Crippen molar-refractivity contribution in [2.75, 3.05) is 52.8 Å². The summed E-state index contributed by atoms with van der Waals surface area (Å²) < 4.78 is 75.6. The first kappa shape index (κ1) is 58.4. The van der Waals surface area contributed by atoms with Crippen LogP contribution >= 0.6 is 0 Å². The number of hydrogen-bond donors (Lipinski definition) is 18. The molecule has 420 valence electrons. The number of unbranched alkanes of at least 4 members (excludes halogenated alkanes) is 2. The van der Waals surface area contributed by atoms with Crippen molar-refractivity contribution in [3.8, 4) is 0 Å². The van der Waals surface area contributed by atoms with Crippen LogP contribution in [0.5, 0.6) is 0 Å². The Balaban J connectivity index is 1.21. The van der Waals surface area contributed by atoms with Crippen LogP contribution in [0, 0.1) is 0 Å². The summed E-state index contributed by atoms with van der Waals surface area (Å²) in [5, 5.41) is 188. The van der Waals surface area contributed by atoms with Crippen LogP contribution in [0.25, 0.3) is 0 Å². The first-order valence-electron chi connectivity index (χ1n) is 23.8. The molecule has 0 aromatic carbocycles. The van der Waals surface area contributed by atoms with Crippen LogP contribution in [0.3, 0.4) is 0 Å². The molecule has 22 fully saturated rings. The van der Waals surface area contributed by atoms with Crippen molar-refractivity contribution in [3.63, 3.8) is 0 Å². The molecule has 0 amide bonds. The van der Waals surface area contributed by atoms with Crippen LogP contribution in [-0.4, -0.2) is 324 Å². The predicted octanol–water partition coefficient (Wildman–Crippen LogP) is -11.9. The Labute approximate surface area is 410 Å². The molecule has 31 heteroatoms. The van der Waals surface area contributed by atoms with E-state index in [9.17, 15) is 86.8 Å². The lowest BCUT2D eigenvalue weighted by atomic mass is 9.94. The van der Waals surface area contributed by atoms with Crippen LogP contribution in [0.1, 0.15) is 19.3 Å². The zero-order chi connectivity index (χ0) is 52.3. The molecule has 0 aromatic rings. The fourth-order valence-electron chi connectivity index (χ4n) is 9.75. The summed E-state index contributed by atoms with van der Waals surface area (Å²) in [5.41, 5.74) is 5.63. The second-order valence-corrected chi connectivity index (χ2v) is 18.5. The maximum absolute atomic E-state index is 11.8. The highest BCUT2D eigenvalue weighted by Crippen LogP contribution is 2.38. The van der Waals surface area contributed by atoms with Crippen LogP contribution in [0.2, 0.25) is 0 Å². The Kier molecular flexibility index (Phi) is 21.1. The smallest absolute Gasteiger partial charge is 0.187 e. The van der Waals surface area contributed by atoms with E-state index in [0.29, 0.717) is 25.8 Å². The quantitative estimate of drug-likeness (QED) is 0.0807. The number of rotatable bonds is 12. The summed E-state index contributed by atoms with van der Waals surface area (Å²) in [7, 11) is 0. The molecule has 31 nitrogen and oxygen atoms in total. The minimum Gasteiger partial charge on any atom is -0.394 e. The van der Waals surface area contributed by atoms with E-state index in [2.05, 4.69) is 0 Å². The molecule has 22 heterocycles. The average molecular weight is 1060 g/mol. The molecule has 0 spiro atoms. The SMILES string of the molecule is NCCCCCO[C@@H]1[C@@H](O)[C@H]2O[C@H]3[C@H](O)[C@@H](O)[C@@H](O[C@H]4[C@H](O)[C@@H](O)[C@@H](O[C@H]5[C@H](O)[C@@H](O)[C@@H](O[C@H]6[C@H](O)[C@@H](O)[C@@H](O[C@H]7[C@H](O)[C@@H](O)[C@@H](O[C@H]1[C@@H](CO)O2)O[C@@H]7CO)O[C@@H]6CO)O[C@@H]5CO)O[C@@H]4CO)O[C@@H]3CO. The van der Waals surface area contributed by atoms with Gasteiger partial charge in [0.25, 0.3) is 0 Å². The van der Waals surface area contributed by atoms with Crippen LogP contribution in [0.15, 0.2) is 0 Å². The van der Waals surface area contributed by atoms with Crippen LogP contribution in [-0.2, 0) is 61.6 Å². The standard InChI is InChI=1S/C41H71NO30/c42-4-2-1-3-5-60-35-28(59)41-66-17(11-48)34(35)72-40-27(58)22(53)32(15(9-46)65-40)70-38-25(56)20(51)30(13(7-44)63-38)68-36-23(54)18(49)29(12(6-43)61-36)67-37-24(55)19(50)31(14(8-45)62-37)69-39-26(57)21(52)33(71-41)16(10-47)64-39/h12-41,43-59H,1-11,42H2/t12-,13-,14-,15-,16-,17-,18-,19-,20-,21-,22-,23-,24-,25-,26-,27-,28-,29-,30-,31-,32-,33-,34+,35-,36-,37-,38-,39-,40-,41-/m1/s1. The highest BCUT2D eigenvalue weighted by molar-refractivity contribution is 5.01. The first-order valence-corrected chi connectivity index (χ1v) is 23.8. The lowest BCUT2D eigenvalue weighted by Crippen LogP contribution is -2.69. The molecular weight excluding hydrogens is 986 g/mol. The summed E-state index contributed by atoms with van der Waals surface area (Å²) >= 11 is 0. The van der Waals surface area contributed by atoms with Gasteiger partial charge < -0.3 is 154 Å². The van der Waals surface area contributed by atoms with Crippen molar-refractivity contribution in [1.82, 2.24) is 0 Å². The summed E-state index contributed by atoms with van der Waals surface area (Å²) in [6.45, 7) is -5.56. The van der Waals surface area contributed by atoms with Gasteiger partial charge in [-0.15, -0.1) is 0 Å². The van der Waals surface area contributed by atoms with Crippen molar-refractivity contribution >= 4 is 0 Å². The summed E-state index contributed by atoms with van der Waals surface area (Å²) in [4.78, 5) is 0. The van der Waals surface area contributed by atoms with Gasteiger partial charge in [-0.2, -0.15) is 0 Å². The van der Waals surface area contributed by atoms with E-state index in [1.165, 1.54) is 0 Å². The highest BCUT2D eigenvalue weighted by Gasteiger charge is 2.59. The molecule has 22 saturated heterocycles. The molecule has 0 saturated carbocycles. The molecule has 30 atom stereocenters. The fraction of sp³-hybridized carbons (Fsp3) is 1.00. The normalized spacial score (nSPS) is 51.8. The van der Waals surface area contributed by atoms with Crippen molar-refractivity contribution in [1.29, 1.82) is 0 Å². The maximum atomic E-state index is 11.8. The highest BCUT2D eigenvalue weighted by atomic mass is 16.8. The Morgan fingerprint density at radius 3 is 0.764 bits per heavy atom. The Hall–Kier alpha value is -1.24. The predicted molar refractivity (Wildman–Crippen MR) is 222 cm³/mol. The zero-order valence-electron chi connectivity index (χ0n) is 38.6. The van der Waals surface area contributed by atoms with E-state index in [0.717, 1.165) is 0 Å². The number of nitrogens with two attached hydrogens (primary N) is 1. The average Bonchev–Trinajstić information content (AvgIpc) is 3.37. The summed E-state index contributed by atoms with van der Waals surface area (Å²) in [6, 6.07) is 0. The Morgan fingerprint density at radius 1 is 0.278 bits per heavy atom. The van der Waals surface area contributed by atoms with Gasteiger partial charge in [0.05, 0.1) is 39.6 Å². The van der Waals surface area contributed by atoms with Crippen molar-refractivity contribution in [2.45, 2.75) is 203 Å². The molecule has 0 unspecified atom stereocenters. The van der Waals surface area contributed by atoms with Gasteiger partial charge in [0.15, 0.2) is 37.7 Å². The van der Waals surface area contributed by atoms with Gasteiger partial charge in [-0.1, -0.05) is 0 Å². The molecule has 0 aromatic heterocycles. The number of aliphatic hydroxyl groups excluding tert-OH is 17. The van der Waals surface area contributed by atoms with Crippen molar-refractivity contribution in [2.24, 2.45) is 5.73 Å². The molecule has 72 heavy (non-hydrogen) atoms. The maximum Gasteiger partial charge on any atom is 0.187 e. The summed E-state index contributed by atoms with van der Waals surface area (Å²) in [5.74, 6) is 0. The second kappa shape index (κ2) is 25.9. The number of aliphatic hydroxyl groups is 17. The van der Waals surface area contributed by atoms with Gasteiger partial charge in [0, 0.05) is 6.61 Å². The number of ether oxygens (including phenoxy) is 13. The molecule has 0 aliphatic carbocycles. The van der Waals surface area contributed by atoms with E-state index in [-0.39, 0.29) is 6.61 Å². The molecule has 22 aliphatic rings. The van der Waals surface area contributed by atoms with Gasteiger partial charge in [-0.25, -0.2) is 0 Å². The minimum absolute atomic E-state index is 0.0755. The topological polar surface area (TPSA) is 490 Å². The molecular formula is C41H71NO30. The van der Waals surface area contributed by atoms with Gasteiger partial charge in [0.2, 0.25) is 0 Å². The molecule has 0 radical (unpaired) electrons. The van der Waals surface area contributed by atoms with Crippen LogP contribution < -0.4 is 5.73 Å². The van der Waals surface area contributed by atoms with Crippen molar-refractivity contribution in [3.05, 3.63) is 0 Å². The number of hydrogen-bond acceptors (Lipinski definition) is 31. The third-order valence-corrected chi connectivity index (χ3v) is 13.8. The Morgan fingerprint density at radius 2 is 0.514 bits per heavy atom. The summed E-state index contributed by atoms with van der Waals surface area (Å²) in [6.07, 6.45) is -55.4.